The molecule has 0 spiro atoms. The number of aliphatic hydroxyl groups is 1. The summed E-state index contributed by atoms with van der Waals surface area (Å²) in [5.41, 5.74) is -0.343. The van der Waals surface area contributed by atoms with E-state index in [0.717, 1.165) is 12.1 Å². The maximum atomic E-state index is 14.1. The van der Waals surface area contributed by atoms with Crippen LogP contribution in [0.2, 0.25) is 5.02 Å². The second-order valence-electron chi connectivity index (χ2n) is 4.27. The molecule has 0 amide bonds. The summed E-state index contributed by atoms with van der Waals surface area (Å²) in [6.07, 6.45) is -1.56. The lowest BCUT2D eigenvalue weighted by molar-refractivity contribution is 0.208. The molecule has 6 heteroatoms. The molecule has 1 N–H and O–H groups in total. The quantitative estimate of drug-likeness (QED) is 0.935. The maximum Gasteiger partial charge on any atom is 0.163 e. The predicted octanol–water partition coefficient (Wildman–Crippen LogP) is 3.72. The molecule has 0 saturated heterocycles. The third-order valence-electron chi connectivity index (χ3n) is 3.07. The topological polar surface area (TPSA) is 38.7 Å². The van der Waals surface area contributed by atoms with Crippen molar-refractivity contribution in [2.45, 2.75) is 6.10 Å². The molecule has 1 atom stereocenters. The molecule has 21 heavy (non-hydrogen) atoms. The second-order valence-corrected chi connectivity index (χ2v) is 4.67. The molecule has 0 bridgehead atoms. The van der Waals surface area contributed by atoms with Gasteiger partial charge in [0.1, 0.15) is 17.7 Å². The fourth-order valence-corrected chi connectivity index (χ4v) is 2.27. The number of hydrogen-bond donors (Lipinski definition) is 1. The Hall–Kier alpha value is -1.85. The fraction of sp³-hybridized carbons (Fsp3) is 0.200. The molecule has 1 unspecified atom stereocenters. The van der Waals surface area contributed by atoms with Gasteiger partial charge in [-0.2, -0.15) is 0 Å². The monoisotopic (exact) mass is 314 g/mol. The summed E-state index contributed by atoms with van der Waals surface area (Å²) in [7, 11) is 2.74. The van der Waals surface area contributed by atoms with Crippen LogP contribution in [0.15, 0.2) is 30.3 Å². The van der Waals surface area contributed by atoms with Crippen LogP contribution in [0.4, 0.5) is 8.78 Å². The van der Waals surface area contributed by atoms with Crippen molar-refractivity contribution in [3.8, 4) is 11.5 Å². The third kappa shape index (κ3) is 2.94. The van der Waals surface area contributed by atoms with Gasteiger partial charge in [0.05, 0.1) is 14.2 Å². The highest BCUT2D eigenvalue weighted by atomic mass is 35.5. The molecule has 0 aliphatic heterocycles. The summed E-state index contributed by atoms with van der Waals surface area (Å²) in [5.74, 6) is -1.07. The van der Waals surface area contributed by atoms with E-state index < -0.39 is 17.7 Å². The van der Waals surface area contributed by atoms with Gasteiger partial charge in [0, 0.05) is 22.2 Å². The third-order valence-corrected chi connectivity index (χ3v) is 3.40. The van der Waals surface area contributed by atoms with E-state index in [1.165, 1.54) is 32.4 Å². The van der Waals surface area contributed by atoms with E-state index in [4.69, 9.17) is 21.1 Å². The number of hydrogen-bond acceptors (Lipinski definition) is 3. The predicted molar refractivity (Wildman–Crippen MR) is 75.0 cm³/mol. The number of halogens is 3. The standard InChI is InChI=1S/C15H13ClF2O3/c1-20-12-6-8(11(18)7-13(12)21-2)15(19)14-9(16)4-3-5-10(14)17/h3-7,15,19H,1-2H3. The molecule has 3 nitrogen and oxygen atoms in total. The van der Waals surface area contributed by atoms with Crippen LogP contribution in [0.3, 0.4) is 0 Å². The molecular weight excluding hydrogens is 302 g/mol. The Morgan fingerprint density at radius 2 is 1.67 bits per heavy atom. The minimum Gasteiger partial charge on any atom is -0.493 e. The van der Waals surface area contributed by atoms with E-state index in [1.54, 1.807) is 0 Å². The maximum absolute atomic E-state index is 14.1. The average molecular weight is 315 g/mol. The van der Waals surface area contributed by atoms with E-state index in [1.807, 2.05) is 0 Å². The van der Waals surface area contributed by atoms with E-state index >= 15 is 0 Å². The Morgan fingerprint density at radius 3 is 2.24 bits per heavy atom. The van der Waals surface area contributed by atoms with Crippen molar-refractivity contribution in [3.63, 3.8) is 0 Å². The molecule has 0 heterocycles. The first kappa shape index (κ1) is 15.5. The molecule has 2 aromatic rings. The summed E-state index contributed by atoms with van der Waals surface area (Å²) in [6.45, 7) is 0. The SMILES string of the molecule is COc1cc(F)c(C(O)c2c(F)cccc2Cl)cc1OC. The van der Waals surface area contributed by atoms with E-state index in [9.17, 15) is 13.9 Å². The highest BCUT2D eigenvalue weighted by Crippen LogP contribution is 2.37. The smallest absolute Gasteiger partial charge is 0.163 e. The van der Waals surface area contributed by atoms with Crippen LogP contribution in [0.1, 0.15) is 17.2 Å². The molecule has 0 fully saturated rings. The van der Waals surface area contributed by atoms with Gasteiger partial charge in [-0.3, -0.25) is 0 Å². The Balaban J connectivity index is 2.56. The first-order valence-electron chi connectivity index (χ1n) is 6.03. The molecular formula is C15H13ClF2O3. The van der Waals surface area contributed by atoms with Crippen LogP contribution >= 0.6 is 11.6 Å². The minimum atomic E-state index is -1.56. The number of rotatable bonds is 4. The van der Waals surface area contributed by atoms with Crippen LogP contribution in [0.25, 0.3) is 0 Å². The van der Waals surface area contributed by atoms with Crippen LogP contribution < -0.4 is 9.47 Å². The van der Waals surface area contributed by atoms with Crippen LogP contribution in [0.5, 0.6) is 11.5 Å². The Kier molecular flexibility index (Phi) is 4.65. The average Bonchev–Trinajstić information content (AvgIpc) is 2.46. The Labute approximate surface area is 125 Å². The lowest BCUT2D eigenvalue weighted by atomic mass is 10.00. The van der Waals surface area contributed by atoms with Crippen LogP contribution in [-0.4, -0.2) is 19.3 Å². The van der Waals surface area contributed by atoms with E-state index in [0.29, 0.717) is 0 Å². The van der Waals surface area contributed by atoms with Crippen molar-refractivity contribution < 1.29 is 23.4 Å². The first-order chi connectivity index (χ1) is 9.99. The number of benzene rings is 2. The Morgan fingerprint density at radius 1 is 1.05 bits per heavy atom. The van der Waals surface area contributed by atoms with Crippen LogP contribution in [-0.2, 0) is 0 Å². The first-order valence-corrected chi connectivity index (χ1v) is 6.40. The van der Waals surface area contributed by atoms with Gasteiger partial charge < -0.3 is 14.6 Å². The molecule has 0 aromatic heterocycles. The van der Waals surface area contributed by atoms with E-state index in [-0.39, 0.29) is 27.6 Å². The molecule has 112 valence electrons. The molecule has 2 rings (SSSR count). The summed E-state index contributed by atoms with van der Waals surface area (Å²) < 4.78 is 37.9. The zero-order chi connectivity index (χ0) is 15.6. The lowest BCUT2D eigenvalue weighted by Gasteiger charge is -2.17. The van der Waals surface area contributed by atoms with Gasteiger partial charge in [-0.25, -0.2) is 8.78 Å². The van der Waals surface area contributed by atoms with E-state index in [2.05, 4.69) is 0 Å². The number of aliphatic hydroxyl groups excluding tert-OH is 1. The zero-order valence-corrected chi connectivity index (χ0v) is 12.1. The van der Waals surface area contributed by atoms with Crippen molar-refractivity contribution in [1.82, 2.24) is 0 Å². The highest BCUT2D eigenvalue weighted by molar-refractivity contribution is 6.31. The van der Waals surface area contributed by atoms with Gasteiger partial charge in [-0.15, -0.1) is 0 Å². The fourth-order valence-electron chi connectivity index (χ4n) is 2.01. The van der Waals surface area contributed by atoms with Gasteiger partial charge in [-0.1, -0.05) is 17.7 Å². The Bertz CT molecular complexity index is 641. The van der Waals surface area contributed by atoms with Gasteiger partial charge in [-0.05, 0) is 18.2 Å². The normalized spacial score (nSPS) is 12.1. The molecule has 2 aromatic carbocycles. The van der Waals surface area contributed by atoms with Gasteiger partial charge in [0.15, 0.2) is 11.5 Å². The van der Waals surface area contributed by atoms with Gasteiger partial charge in [0.25, 0.3) is 0 Å². The summed E-state index contributed by atoms with van der Waals surface area (Å²) >= 11 is 5.88. The largest absolute Gasteiger partial charge is 0.493 e. The summed E-state index contributed by atoms with van der Waals surface area (Å²) in [6, 6.07) is 6.28. The van der Waals surface area contributed by atoms with Crippen molar-refractivity contribution >= 4 is 11.6 Å². The highest BCUT2D eigenvalue weighted by Gasteiger charge is 2.23. The van der Waals surface area contributed by atoms with Crippen molar-refractivity contribution in [2.75, 3.05) is 14.2 Å². The van der Waals surface area contributed by atoms with Gasteiger partial charge >= 0.3 is 0 Å². The second kappa shape index (κ2) is 6.28. The minimum absolute atomic E-state index is 0.0108. The zero-order valence-electron chi connectivity index (χ0n) is 11.4. The van der Waals surface area contributed by atoms with Gasteiger partial charge in [0.2, 0.25) is 0 Å². The summed E-state index contributed by atoms with van der Waals surface area (Å²) in [5, 5.41) is 10.3. The summed E-state index contributed by atoms with van der Waals surface area (Å²) in [4.78, 5) is 0. The van der Waals surface area contributed by atoms with Crippen LogP contribution in [0, 0.1) is 11.6 Å². The molecule has 0 aliphatic carbocycles. The number of methoxy groups -OCH3 is 2. The number of ether oxygens (including phenoxy) is 2. The molecule has 0 aliphatic rings. The van der Waals surface area contributed by atoms with Crippen molar-refractivity contribution in [3.05, 3.63) is 58.1 Å². The molecule has 0 saturated carbocycles. The lowest BCUT2D eigenvalue weighted by Crippen LogP contribution is -2.07. The van der Waals surface area contributed by atoms with Crippen molar-refractivity contribution in [1.29, 1.82) is 0 Å². The molecule has 0 radical (unpaired) electrons. The van der Waals surface area contributed by atoms with Crippen molar-refractivity contribution in [2.24, 2.45) is 0 Å².